The van der Waals surface area contributed by atoms with Crippen molar-refractivity contribution in [3.05, 3.63) is 58.2 Å². The maximum atomic E-state index is 6.30. The average molecular weight is 319 g/mol. The second-order valence-electron chi connectivity index (χ2n) is 6.99. The van der Waals surface area contributed by atoms with Crippen molar-refractivity contribution in [2.75, 3.05) is 0 Å². The van der Waals surface area contributed by atoms with Gasteiger partial charge in [0.25, 0.3) is 0 Å². The van der Waals surface area contributed by atoms with Crippen molar-refractivity contribution in [3.8, 4) is 0 Å². The van der Waals surface area contributed by atoms with Crippen LogP contribution in [0, 0.1) is 11.8 Å². The van der Waals surface area contributed by atoms with E-state index in [0.29, 0.717) is 11.8 Å². The fourth-order valence-electron chi connectivity index (χ4n) is 2.70. The normalized spacial score (nSPS) is 20.4. The van der Waals surface area contributed by atoms with Crippen LogP contribution in [0.3, 0.4) is 0 Å². The van der Waals surface area contributed by atoms with E-state index in [1.807, 2.05) is 0 Å². The lowest BCUT2D eigenvalue weighted by Gasteiger charge is -2.18. The lowest BCUT2D eigenvalue weighted by Crippen LogP contribution is -2.02. The van der Waals surface area contributed by atoms with Gasteiger partial charge in [-0.05, 0) is 63.5 Å². The summed E-state index contributed by atoms with van der Waals surface area (Å²) in [5, 5.41) is 0.915. The SMILES string of the molecule is C=C1C=CC(CC(C)CCC/C(C)=C(/Cl)C=C(C)C)=CC1C. The van der Waals surface area contributed by atoms with Gasteiger partial charge in [-0.1, -0.05) is 73.4 Å². The summed E-state index contributed by atoms with van der Waals surface area (Å²) in [6, 6.07) is 0. The number of hydrogen-bond donors (Lipinski definition) is 0. The Morgan fingerprint density at radius 2 is 2.00 bits per heavy atom. The standard InChI is InChI=1S/C21H31Cl/c1-15(2)12-21(22)18(5)9-7-8-16(3)13-20-11-10-17(4)19(6)14-20/h10-12,14,16,19H,4,7-9,13H2,1-3,5-6H3/b21-18+. The highest BCUT2D eigenvalue weighted by atomic mass is 35.5. The van der Waals surface area contributed by atoms with Crippen LogP contribution in [-0.4, -0.2) is 0 Å². The van der Waals surface area contributed by atoms with Crippen LogP contribution >= 0.6 is 11.6 Å². The van der Waals surface area contributed by atoms with E-state index in [1.54, 1.807) is 0 Å². The van der Waals surface area contributed by atoms with Crippen molar-refractivity contribution >= 4 is 11.6 Å². The van der Waals surface area contributed by atoms with Gasteiger partial charge in [-0.2, -0.15) is 0 Å². The van der Waals surface area contributed by atoms with Gasteiger partial charge in [-0.15, -0.1) is 0 Å². The van der Waals surface area contributed by atoms with Gasteiger partial charge in [0.15, 0.2) is 0 Å². The molecule has 0 amide bonds. The maximum absolute atomic E-state index is 6.30. The summed E-state index contributed by atoms with van der Waals surface area (Å²) < 4.78 is 0. The van der Waals surface area contributed by atoms with Crippen LogP contribution in [-0.2, 0) is 0 Å². The molecule has 122 valence electrons. The zero-order valence-corrected chi connectivity index (χ0v) is 15.6. The molecule has 22 heavy (non-hydrogen) atoms. The molecular formula is C21H31Cl. The molecule has 0 heterocycles. The van der Waals surface area contributed by atoms with E-state index >= 15 is 0 Å². The molecule has 1 rings (SSSR count). The third kappa shape index (κ3) is 6.83. The van der Waals surface area contributed by atoms with Crippen LogP contribution in [0.2, 0.25) is 0 Å². The number of allylic oxidation sites excluding steroid dienone is 9. The van der Waals surface area contributed by atoms with E-state index < -0.39 is 0 Å². The highest BCUT2D eigenvalue weighted by Crippen LogP contribution is 2.27. The van der Waals surface area contributed by atoms with Crippen LogP contribution in [0.4, 0.5) is 0 Å². The number of rotatable bonds is 7. The smallest absolute Gasteiger partial charge is 0.0394 e. The molecule has 0 N–H and O–H groups in total. The van der Waals surface area contributed by atoms with Crippen LogP contribution in [0.25, 0.3) is 0 Å². The Morgan fingerprint density at radius 1 is 1.32 bits per heavy atom. The summed E-state index contributed by atoms with van der Waals surface area (Å²) in [7, 11) is 0. The topological polar surface area (TPSA) is 0 Å². The molecule has 0 aromatic heterocycles. The minimum absolute atomic E-state index is 0.486. The summed E-state index contributed by atoms with van der Waals surface area (Å²) in [5.74, 6) is 1.20. The summed E-state index contributed by atoms with van der Waals surface area (Å²) in [5.41, 5.74) is 5.23. The van der Waals surface area contributed by atoms with Crippen LogP contribution in [0.15, 0.2) is 58.2 Å². The van der Waals surface area contributed by atoms with E-state index in [4.69, 9.17) is 11.6 Å². The van der Waals surface area contributed by atoms with Gasteiger partial charge < -0.3 is 0 Å². The Kier molecular flexibility index (Phi) is 7.96. The van der Waals surface area contributed by atoms with Crippen LogP contribution in [0.5, 0.6) is 0 Å². The van der Waals surface area contributed by atoms with Crippen molar-refractivity contribution in [3.63, 3.8) is 0 Å². The molecule has 0 saturated heterocycles. The molecular weight excluding hydrogens is 288 g/mol. The first-order valence-electron chi connectivity index (χ1n) is 8.37. The summed E-state index contributed by atoms with van der Waals surface area (Å²) in [6.07, 6.45) is 13.5. The molecule has 0 bridgehead atoms. The first-order chi connectivity index (χ1) is 10.3. The Morgan fingerprint density at radius 3 is 2.59 bits per heavy atom. The van der Waals surface area contributed by atoms with Gasteiger partial charge >= 0.3 is 0 Å². The fraction of sp³-hybridized carbons (Fsp3) is 0.524. The van der Waals surface area contributed by atoms with Gasteiger partial charge in [-0.25, -0.2) is 0 Å². The lowest BCUT2D eigenvalue weighted by atomic mass is 9.88. The van der Waals surface area contributed by atoms with Crippen LogP contribution in [0.1, 0.15) is 60.3 Å². The van der Waals surface area contributed by atoms with Gasteiger partial charge in [0.1, 0.15) is 0 Å². The zero-order chi connectivity index (χ0) is 16.7. The molecule has 0 spiro atoms. The van der Waals surface area contributed by atoms with E-state index in [9.17, 15) is 0 Å². The highest BCUT2D eigenvalue weighted by Gasteiger charge is 2.11. The van der Waals surface area contributed by atoms with Crippen LogP contribution < -0.4 is 0 Å². The van der Waals surface area contributed by atoms with Crippen molar-refractivity contribution in [2.24, 2.45) is 11.8 Å². The Hall–Kier alpha value is -1.01. The highest BCUT2D eigenvalue weighted by molar-refractivity contribution is 6.31. The van der Waals surface area contributed by atoms with Gasteiger partial charge in [0.2, 0.25) is 0 Å². The molecule has 0 aromatic carbocycles. The molecule has 0 radical (unpaired) electrons. The quantitative estimate of drug-likeness (QED) is 0.430. The van der Waals surface area contributed by atoms with Gasteiger partial charge in [0.05, 0.1) is 0 Å². The Balaban J connectivity index is 2.40. The third-order valence-corrected chi connectivity index (χ3v) is 4.65. The van der Waals surface area contributed by atoms with E-state index in [2.05, 4.69) is 65.5 Å². The minimum atomic E-state index is 0.486. The molecule has 1 aliphatic rings. The van der Waals surface area contributed by atoms with E-state index in [-0.39, 0.29) is 0 Å². The van der Waals surface area contributed by atoms with Gasteiger partial charge in [-0.3, -0.25) is 0 Å². The average Bonchev–Trinajstić information content (AvgIpc) is 2.42. The largest absolute Gasteiger partial charge is 0.0952 e. The molecule has 2 unspecified atom stereocenters. The minimum Gasteiger partial charge on any atom is -0.0952 e. The predicted octanol–water partition coefficient (Wildman–Crippen LogP) is 7.35. The molecule has 2 atom stereocenters. The van der Waals surface area contributed by atoms with Crippen molar-refractivity contribution in [1.82, 2.24) is 0 Å². The van der Waals surface area contributed by atoms with Crippen molar-refractivity contribution in [2.45, 2.75) is 60.3 Å². The zero-order valence-electron chi connectivity index (χ0n) is 14.9. The first-order valence-corrected chi connectivity index (χ1v) is 8.75. The summed E-state index contributed by atoms with van der Waals surface area (Å²) in [4.78, 5) is 0. The van der Waals surface area contributed by atoms with Gasteiger partial charge in [0, 0.05) is 5.03 Å². The summed E-state index contributed by atoms with van der Waals surface area (Å²) in [6.45, 7) is 14.9. The lowest BCUT2D eigenvalue weighted by molar-refractivity contribution is 0.507. The monoisotopic (exact) mass is 318 g/mol. The third-order valence-electron chi connectivity index (χ3n) is 4.22. The summed E-state index contributed by atoms with van der Waals surface area (Å²) >= 11 is 6.30. The maximum Gasteiger partial charge on any atom is 0.0394 e. The molecule has 0 saturated carbocycles. The fourth-order valence-corrected chi connectivity index (χ4v) is 3.01. The number of halogens is 1. The second kappa shape index (κ2) is 9.20. The second-order valence-corrected chi connectivity index (χ2v) is 7.40. The molecule has 0 fully saturated rings. The first kappa shape index (κ1) is 19.0. The van der Waals surface area contributed by atoms with Crippen molar-refractivity contribution < 1.29 is 0 Å². The molecule has 0 aliphatic heterocycles. The van der Waals surface area contributed by atoms with E-state index in [0.717, 1.165) is 11.5 Å². The Labute approximate surface area is 142 Å². The predicted molar refractivity (Wildman–Crippen MR) is 101 cm³/mol. The molecule has 0 nitrogen and oxygen atoms in total. The van der Waals surface area contributed by atoms with Crippen molar-refractivity contribution in [1.29, 1.82) is 0 Å². The van der Waals surface area contributed by atoms with E-state index in [1.165, 1.54) is 41.6 Å². The molecule has 0 aromatic rings. The molecule has 1 aliphatic carbocycles. The number of hydrogen-bond acceptors (Lipinski definition) is 0. The Bertz CT molecular complexity index is 510. The molecule has 1 heteroatoms.